The van der Waals surface area contributed by atoms with Crippen LogP contribution in [-0.2, 0) is 36.7 Å². The van der Waals surface area contributed by atoms with Crippen LogP contribution in [0.5, 0.6) is 0 Å². The molecule has 2 aromatic heterocycles. The van der Waals surface area contributed by atoms with E-state index in [9.17, 15) is 9.59 Å². The third-order valence-electron chi connectivity index (χ3n) is 8.66. The van der Waals surface area contributed by atoms with Crippen LogP contribution in [0.25, 0.3) is 0 Å². The number of ether oxygens (including phenoxy) is 1. The first-order valence-corrected chi connectivity index (χ1v) is 15.5. The standard InChI is InChI=1S/C31H38N6O3S/c1-5-41-29-12-23(31(17-40-18-31)13-28-34-32-19-35(28)4)11-27(33-29)37-16-26-24(21(3)38)9-22(10-25(26)30(37)39)15-36-8-6-7-20(2)14-36/h9-12,19-20H,5-8,13-18H2,1-4H3/t20-/m0/s1. The maximum atomic E-state index is 14.0. The van der Waals surface area contributed by atoms with Gasteiger partial charge in [-0.15, -0.1) is 22.0 Å². The van der Waals surface area contributed by atoms with E-state index in [1.165, 1.54) is 12.8 Å². The largest absolute Gasteiger partial charge is 0.379 e. The van der Waals surface area contributed by atoms with Gasteiger partial charge < -0.3 is 9.30 Å². The zero-order chi connectivity index (χ0) is 28.7. The summed E-state index contributed by atoms with van der Waals surface area (Å²) in [6.45, 7) is 10.3. The van der Waals surface area contributed by atoms with Gasteiger partial charge in [0.1, 0.15) is 18.0 Å². The minimum absolute atomic E-state index is 0.0112. The van der Waals surface area contributed by atoms with Gasteiger partial charge in [-0.1, -0.05) is 13.8 Å². The summed E-state index contributed by atoms with van der Waals surface area (Å²) >= 11 is 1.66. The molecule has 10 heteroatoms. The molecule has 3 aromatic rings. The molecule has 2 saturated heterocycles. The number of anilines is 1. The number of ketones is 1. The van der Waals surface area contributed by atoms with Crippen LogP contribution in [0, 0.1) is 5.92 Å². The van der Waals surface area contributed by atoms with E-state index in [4.69, 9.17) is 9.72 Å². The molecule has 216 valence electrons. The average molecular weight is 575 g/mol. The topological polar surface area (TPSA) is 93.5 Å². The molecule has 0 radical (unpaired) electrons. The van der Waals surface area contributed by atoms with E-state index in [-0.39, 0.29) is 17.1 Å². The van der Waals surface area contributed by atoms with Crippen molar-refractivity contribution in [3.63, 3.8) is 0 Å². The van der Waals surface area contributed by atoms with Crippen LogP contribution in [0.15, 0.2) is 35.6 Å². The predicted molar refractivity (Wildman–Crippen MR) is 158 cm³/mol. The van der Waals surface area contributed by atoms with Gasteiger partial charge >= 0.3 is 0 Å². The summed E-state index contributed by atoms with van der Waals surface area (Å²) in [6, 6.07) is 8.17. The second-order valence-electron chi connectivity index (χ2n) is 11.9. The molecule has 3 aliphatic rings. The summed E-state index contributed by atoms with van der Waals surface area (Å²) in [6.07, 6.45) is 4.83. The maximum absolute atomic E-state index is 14.0. The zero-order valence-electron chi connectivity index (χ0n) is 24.4. The van der Waals surface area contributed by atoms with Gasteiger partial charge in [-0.05, 0) is 78.9 Å². The number of carbonyl (C=O) groups excluding carboxylic acids is 2. The number of hydrogen-bond donors (Lipinski definition) is 0. The van der Waals surface area contributed by atoms with Gasteiger partial charge in [0.25, 0.3) is 5.91 Å². The smallest absolute Gasteiger partial charge is 0.260 e. The minimum atomic E-state index is -0.263. The molecule has 9 nitrogen and oxygen atoms in total. The number of benzene rings is 1. The first-order valence-electron chi connectivity index (χ1n) is 14.5. The summed E-state index contributed by atoms with van der Waals surface area (Å²) in [7, 11) is 1.95. The monoisotopic (exact) mass is 574 g/mol. The van der Waals surface area contributed by atoms with Gasteiger partial charge in [-0.2, -0.15) is 0 Å². The molecule has 1 amide bonds. The van der Waals surface area contributed by atoms with E-state index in [0.29, 0.717) is 49.0 Å². The Morgan fingerprint density at radius 3 is 2.71 bits per heavy atom. The van der Waals surface area contributed by atoms with Crippen molar-refractivity contribution in [2.75, 3.05) is 37.0 Å². The van der Waals surface area contributed by atoms with Crippen LogP contribution in [0.3, 0.4) is 0 Å². The highest BCUT2D eigenvalue weighted by atomic mass is 32.2. The van der Waals surface area contributed by atoms with Crippen molar-refractivity contribution in [3.8, 4) is 0 Å². The minimum Gasteiger partial charge on any atom is -0.379 e. The van der Waals surface area contributed by atoms with E-state index < -0.39 is 0 Å². The maximum Gasteiger partial charge on any atom is 0.260 e. The lowest BCUT2D eigenvalue weighted by Gasteiger charge is -2.42. The van der Waals surface area contributed by atoms with Gasteiger partial charge in [0.05, 0.1) is 24.8 Å². The Kier molecular flexibility index (Phi) is 7.74. The number of amides is 1. The summed E-state index contributed by atoms with van der Waals surface area (Å²) in [5, 5.41) is 9.26. The number of piperidine rings is 1. The average Bonchev–Trinajstić information content (AvgIpc) is 3.48. The number of fused-ring (bicyclic) bond motifs is 1. The molecule has 2 fully saturated rings. The number of Topliss-reactive ketones (excluding diaryl/α,β-unsaturated/α-hetero) is 1. The van der Waals surface area contributed by atoms with E-state index in [1.807, 2.05) is 29.8 Å². The lowest BCUT2D eigenvalue weighted by atomic mass is 9.76. The van der Waals surface area contributed by atoms with Gasteiger partial charge in [0.15, 0.2) is 5.78 Å². The molecule has 6 rings (SSSR count). The molecule has 3 aliphatic heterocycles. The van der Waals surface area contributed by atoms with Crippen molar-refractivity contribution < 1.29 is 14.3 Å². The molecule has 0 bridgehead atoms. The SMILES string of the molecule is CCSc1cc(C2(Cc3nncn3C)COC2)cc(N2Cc3c(C(C)=O)cc(CN4CCC[C@H](C)C4)cc3C2=O)n1. The molecule has 41 heavy (non-hydrogen) atoms. The first kappa shape index (κ1) is 28.1. The fraction of sp³-hybridized carbons (Fsp3) is 0.516. The molecule has 0 unspecified atom stereocenters. The predicted octanol–water partition coefficient (Wildman–Crippen LogP) is 4.43. The van der Waals surface area contributed by atoms with Crippen LogP contribution in [0.1, 0.15) is 76.8 Å². The van der Waals surface area contributed by atoms with Crippen LogP contribution in [0.2, 0.25) is 0 Å². The Hall–Kier alpha value is -3.08. The van der Waals surface area contributed by atoms with E-state index >= 15 is 0 Å². The van der Waals surface area contributed by atoms with Gasteiger partial charge in [-0.3, -0.25) is 19.4 Å². The molecule has 1 aromatic carbocycles. The summed E-state index contributed by atoms with van der Waals surface area (Å²) in [5.41, 5.74) is 3.91. The second-order valence-corrected chi connectivity index (χ2v) is 13.2. The van der Waals surface area contributed by atoms with Gasteiger partial charge in [0.2, 0.25) is 0 Å². The lowest BCUT2D eigenvalue weighted by Crippen LogP contribution is -2.49. The first-order chi connectivity index (χ1) is 19.8. The van der Waals surface area contributed by atoms with E-state index in [0.717, 1.165) is 52.9 Å². The van der Waals surface area contributed by atoms with E-state index in [1.54, 1.807) is 29.9 Å². The quantitative estimate of drug-likeness (QED) is 0.274. The number of likely N-dealkylation sites (tertiary alicyclic amines) is 1. The van der Waals surface area contributed by atoms with Crippen molar-refractivity contribution >= 4 is 29.3 Å². The molecule has 5 heterocycles. The molecule has 0 N–H and O–H groups in total. The highest BCUT2D eigenvalue weighted by molar-refractivity contribution is 7.99. The fourth-order valence-corrected chi connectivity index (χ4v) is 7.06. The van der Waals surface area contributed by atoms with E-state index in [2.05, 4.69) is 35.0 Å². The highest BCUT2D eigenvalue weighted by Crippen LogP contribution is 2.40. The number of rotatable bonds is 9. The normalized spacial score (nSPS) is 20.2. The second kappa shape index (κ2) is 11.3. The number of hydrogen-bond acceptors (Lipinski definition) is 8. The third-order valence-corrected chi connectivity index (χ3v) is 9.45. The van der Waals surface area contributed by atoms with Crippen molar-refractivity contribution in [1.82, 2.24) is 24.6 Å². The number of pyridine rings is 1. The van der Waals surface area contributed by atoms with Crippen molar-refractivity contribution in [2.45, 2.75) is 63.6 Å². The van der Waals surface area contributed by atoms with Gasteiger partial charge in [0, 0.05) is 43.1 Å². The molecular formula is C31H38N6O3S. The van der Waals surface area contributed by atoms with Crippen LogP contribution in [-0.4, -0.2) is 68.4 Å². The molecule has 0 saturated carbocycles. The van der Waals surface area contributed by atoms with Crippen LogP contribution in [0.4, 0.5) is 5.82 Å². The van der Waals surface area contributed by atoms with Gasteiger partial charge in [-0.25, -0.2) is 4.98 Å². The third kappa shape index (κ3) is 5.45. The number of nitrogens with zero attached hydrogens (tertiary/aromatic N) is 6. The zero-order valence-corrected chi connectivity index (χ0v) is 25.2. The Bertz CT molecular complexity index is 1480. The molecule has 0 aliphatic carbocycles. The molecule has 1 atom stereocenters. The highest BCUT2D eigenvalue weighted by Gasteiger charge is 2.43. The Balaban J connectivity index is 1.34. The van der Waals surface area contributed by atoms with Crippen LogP contribution >= 0.6 is 11.8 Å². The fourth-order valence-electron chi connectivity index (χ4n) is 6.39. The molecular weight excluding hydrogens is 536 g/mol. The Morgan fingerprint density at radius 1 is 1.22 bits per heavy atom. The lowest BCUT2D eigenvalue weighted by molar-refractivity contribution is -0.0612. The number of thioether (sulfide) groups is 1. The number of carbonyl (C=O) groups is 2. The summed E-state index contributed by atoms with van der Waals surface area (Å²) in [4.78, 5) is 35.9. The number of aryl methyl sites for hydroxylation is 1. The molecule has 0 spiro atoms. The summed E-state index contributed by atoms with van der Waals surface area (Å²) < 4.78 is 7.68. The van der Waals surface area contributed by atoms with Crippen molar-refractivity contribution in [2.24, 2.45) is 13.0 Å². The van der Waals surface area contributed by atoms with Crippen LogP contribution < -0.4 is 4.90 Å². The summed E-state index contributed by atoms with van der Waals surface area (Å²) in [5.74, 6) is 2.93. The van der Waals surface area contributed by atoms with Crippen molar-refractivity contribution in [1.29, 1.82) is 0 Å². The Morgan fingerprint density at radius 2 is 2.05 bits per heavy atom. The Labute approximate surface area is 245 Å². The number of aromatic nitrogens is 4. The van der Waals surface area contributed by atoms with Crippen molar-refractivity contribution in [3.05, 3.63) is 64.2 Å².